The lowest BCUT2D eigenvalue weighted by Crippen LogP contribution is -2.24. The third kappa shape index (κ3) is 2.41. The molecular weight excluding hydrogens is 266 g/mol. The summed E-state index contributed by atoms with van der Waals surface area (Å²) in [4.78, 5) is 2.43. The first-order chi connectivity index (χ1) is 7.63. The number of aliphatic hydroxyl groups is 1. The molecule has 1 N–H and O–H groups in total. The highest BCUT2D eigenvalue weighted by Crippen LogP contribution is 2.34. The van der Waals surface area contributed by atoms with Gasteiger partial charge in [0, 0.05) is 22.7 Å². The summed E-state index contributed by atoms with van der Waals surface area (Å²) in [5.41, 5.74) is 2.21. The van der Waals surface area contributed by atoms with E-state index in [0.717, 1.165) is 22.6 Å². The van der Waals surface area contributed by atoms with E-state index in [4.69, 9.17) is 0 Å². The standard InChI is InChI=1S/C13H18BrNO/c1-3-15(10-4-5-10)11-6-7-12(9(2)16)13(14)8-11/h6-10,16H,3-5H2,1-2H3. The van der Waals surface area contributed by atoms with Gasteiger partial charge in [0.15, 0.2) is 0 Å². The molecule has 0 amide bonds. The molecule has 0 spiro atoms. The van der Waals surface area contributed by atoms with E-state index in [2.05, 4.69) is 39.9 Å². The fourth-order valence-electron chi connectivity index (χ4n) is 2.07. The lowest BCUT2D eigenvalue weighted by molar-refractivity contribution is 0.198. The molecule has 2 rings (SSSR count). The molecule has 1 aliphatic carbocycles. The first-order valence-electron chi connectivity index (χ1n) is 5.87. The van der Waals surface area contributed by atoms with Crippen LogP contribution in [0.15, 0.2) is 22.7 Å². The monoisotopic (exact) mass is 283 g/mol. The van der Waals surface area contributed by atoms with Crippen LogP contribution < -0.4 is 4.90 Å². The summed E-state index contributed by atoms with van der Waals surface area (Å²) in [6, 6.07) is 6.96. The van der Waals surface area contributed by atoms with Crippen LogP contribution in [0.3, 0.4) is 0 Å². The van der Waals surface area contributed by atoms with Gasteiger partial charge in [-0.15, -0.1) is 0 Å². The van der Waals surface area contributed by atoms with Crippen molar-refractivity contribution in [3.63, 3.8) is 0 Å². The molecule has 1 aliphatic rings. The summed E-state index contributed by atoms with van der Waals surface area (Å²) in [7, 11) is 0. The average molecular weight is 284 g/mol. The molecule has 1 aromatic rings. The Bertz CT molecular complexity index is 374. The number of nitrogens with zero attached hydrogens (tertiary/aromatic N) is 1. The number of rotatable bonds is 4. The maximum atomic E-state index is 9.57. The molecule has 2 nitrogen and oxygen atoms in total. The quantitative estimate of drug-likeness (QED) is 0.914. The molecule has 0 saturated heterocycles. The second kappa shape index (κ2) is 4.76. The van der Waals surface area contributed by atoms with E-state index in [-0.39, 0.29) is 0 Å². The lowest BCUT2D eigenvalue weighted by atomic mass is 10.1. The van der Waals surface area contributed by atoms with Crippen LogP contribution in [-0.2, 0) is 0 Å². The minimum Gasteiger partial charge on any atom is -0.389 e. The third-order valence-electron chi connectivity index (χ3n) is 3.09. The Morgan fingerprint density at radius 2 is 2.19 bits per heavy atom. The van der Waals surface area contributed by atoms with E-state index in [1.165, 1.54) is 18.5 Å². The molecule has 3 heteroatoms. The molecule has 0 radical (unpaired) electrons. The van der Waals surface area contributed by atoms with Gasteiger partial charge in [-0.3, -0.25) is 0 Å². The zero-order chi connectivity index (χ0) is 11.7. The first kappa shape index (κ1) is 11.9. The smallest absolute Gasteiger partial charge is 0.0772 e. The van der Waals surface area contributed by atoms with Gasteiger partial charge in [-0.2, -0.15) is 0 Å². The Labute approximate surface area is 105 Å². The highest BCUT2D eigenvalue weighted by atomic mass is 79.9. The Hall–Kier alpha value is -0.540. The summed E-state index contributed by atoms with van der Waals surface area (Å²) in [5.74, 6) is 0. The van der Waals surface area contributed by atoms with Gasteiger partial charge in [0.25, 0.3) is 0 Å². The van der Waals surface area contributed by atoms with Crippen molar-refractivity contribution in [2.24, 2.45) is 0 Å². The molecule has 1 atom stereocenters. The summed E-state index contributed by atoms with van der Waals surface area (Å²) >= 11 is 3.53. The fraction of sp³-hybridized carbons (Fsp3) is 0.538. The van der Waals surface area contributed by atoms with E-state index in [1.807, 2.05) is 6.07 Å². The number of hydrogen-bond donors (Lipinski definition) is 1. The zero-order valence-electron chi connectivity index (χ0n) is 9.78. The van der Waals surface area contributed by atoms with Crippen molar-refractivity contribution in [3.8, 4) is 0 Å². The maximum Gasteiger partial charge on any atom is 0.0772 e. The number of halogens is 1. The predicted octanol–water partition coefficient (Wildman–Crippen LogP) is 3.49. The Kier molecular flexibility index (Phi) is 3.55. The van der Waals surface area contributed by atoms with Gasteiger partial charge in [-0.25, -0.2) is 0 Å². The number of hydrogen-bond acceptors (Lipinski definition) is 2. The first-order valence-corrected chi connectivity index (χ1v) is 6.67. The van der Waals surface area contributed by atoms with Gasteiger partial charge < -0.3 is 10.0 Å². The Balaban J connectivity index is 2.25. The second-order valence-corrected chi connectivity index (χ2v) is 5.25. The molecule has 0 heterocycles. The molecule has 0 aliphatic heterocycles. The molecule has 1 unspecified atom stereocenters. The van der Waals surface area contributed by atoms with Crippen molar-refractivity contribution in [3.05, 3.63) is 28.2 Å². The van der Waals surface area contributed by atoms with Gasteiger partial charge in [0.1, 0.15) is 0 Å². The Morgan fingerprint density at radius 3 is 2.62 bits per heavy atom. The van der Waals surface area contributed by atoms with Crippen molar-refractivity contribution in [2.45, 2.75) is 38.8 Å². The Morgan fingerprint density at radius 1 is 1.50 bits per heavy atom. The van der Waals surface area contributed by atoms with Crippen molar-refractivity contribution in [1.29, 1.82) is 0 Å². The van der Waals surface area contributed by atoms with Crippen LogP contribution in [0, 0.1) is 0 Å². The van der Waals surface area contributed by atoms with Crippen molar-refractivity contribution >= 4 is 21.6 Å². The fourth-order valence-corrected chi connectivity index (χ4v) is 2.77. The van der Waals surface area contributed by atoms with Gasteiger partial charge >= 0.3 is 0 Å². The number of benzene rings is 1. The van der Waals surface area contributed by atoms with E-state index in [9.17, 15) is 5.11 Å². The average Bonchev–Trinajstić information content (AvgIpc) is 3.02. The van der Waals surface area contributed by atoms with Crippen LogP contribution in [0.2, 0.25) is 0 Å². The van der Waals surface area contributed by atoms with Crippen LogP contribution in [0.5, 0.6) is 0 Å². The number of aliphatic hydroxyl groups excluding tert-OH is 1. The molecule has 1 aromatic carbocycles. The summed E-state index contributed by atoms with van der Waals surface area (Å²) in [5, 5.41) is 9.57. The zero-order valence-corrected chi connectivity index (χ0v) is 11.4. The highest BCUT2D eigenvalue weighted by Gasteiger charge is 2.28. The topological polar surface area (TPSA) is 23.5 Å². The molecule has 16 heavy (non-hydrogen) atoms. The molecule has 1 fully saturated rings. The highest BCUT2D eigenvalue weighted by molar-refractivity contribution is 9.10. The predicted molar refractivity (Wildman–Crippen MR) is 70.8 cm³/mol. The summed E-state index contributed by atoms with van der Waals surface area (Å²) < 4.78 is 0.999. The second-order valence-electron chi connectivity index (χ2n) is 4.40. The van der Waals surface area contributed by atoms with Crippen LogP contribution in [0.4, 0.5) is 5.69 Å². The van der Waals surface area contributed by atoms with E-state index < -0.39 is 6.10 Å². The lowest BCUT2D eigenvalue weighted by Gasteiger charge is -2.23. The van der Waals surface area contributed by atoms with E-state index in [1.54, 1.807) is 6.92 Å². The molecule has 0 bridgehead atoms. The third-order valence-corrected chi connectivity index (χ3v) is 3.78. The minimum atomic E-state index is -0.417. The minimum absolute atomic E-state index is 0.417. The SMILES string of the molecule is CCN(c1ccc(C(C)O)c(Br)c1)C1CC1. The molecular formula is C13H18BrNO. The van der Waals surface area contributed by atoms with Crippen molar-refractivity contribution < 1.29 is 5.11 Å². The molecule has 88 valence electrons. The van der Waals surface area contributed by atoms with Gasteiger partial charge in [0.05, 0.1) is 6.10 Å². The van der Waals surface area contributed by atoms with Gasteiger partial charge in [0.2, 0.25) is 0 Å². The van der Waals surface area contributed by atoms with Crippen LogP contribution >= 0.6 is 15.9 Å². The van der Waals surface area contributed by atoms with E-state index in [0.29, 0.717) is 0 Å². The van der Waals surface area contributed by atoms with Crippen molar-refractivity contribution in [2.75, 3.05) is 11.4 Å². The van der Waals surface area contributed by atoms with Crippen LogP contribution in [0.1, 0.15) is 38.4 Å². The molecule has 0 aromatic heterocycles. The van der Waals surface area contributed by atoms with Crippen molar-refractivity contribution in [1.82, 2.24) is 0 Å². The van der Waals surface area contributed by atoms with E-state index >= 15 is 0 Å². The largest absolute Gasteiger partial charge is 0.389 e. The normalized spacial score (nSPS) is 17.2. The summed E-state index contributed by atoms with van der Waals surface area (Å²) in [6.45, 7) is 5.03. The number of anilines is 1. The van der Waals surface area contributed by atoms with Crippen LogP contribution in [-0.4, -0.2) is 17.7 Å². The maximum absolute atomic E-state index is 9.57. The molecule has 1 saturated carbocycles. The van der Waals surface area contributed by atoms with Crippen LogP contribution in [0.25, 0.3) is 0 Å². The summed E-state index contributed by atoms with van der Waals surface area (Å²) in [6.07, 6.45) is 2.20. The van der Waals surface area contributed by atoms with Gasteiger partial charge in [-0.05, 0) is 44.4 Å². The van der Waals surface area contributed by atoms with Gasteiger partial charge in [-0.1, -0.05) is 22.0 Å².